The zero-order valence-electron chi connectivity index (χ0n) is 10.3. The van der Waals surface area contributed by atoms with Gasteiger partial charge in [-0.05, 0) is 30.4 Å². The number of hydrazine groups is 2. The van der Waals surface area contributed by atoms with E-state index in [1.54, 1.807) is 6.07 Å². The molecule has 1 aliphatic carbocycles. The van der Waals surface area contributed by atoms with Gasteiger partial charge in [0.1, 0.15) is 0 Å². The van der Waals surface area contributed by atoms with Gasteiger partial charge in [-0.25, -0.2) is 21.5 Å². The molecule has 0 aromatic heterocycles. The Morgan fingerprint density at radius 1 is 1.44 bits per heavy atom. The van der Waals surface area contributed by atoms with Crippen molar-refractivity contribution in [3.8, 4) is 0 Å². The molecule has 1 saturated carbocycles. The molecule has 1 aromatic rings. The van der Waals surface area contributed by atoms with Crippen LogP contribution < -0.4 is 16.7 Å². The quantitative estimate of drug-likeness (QED) is 0.417. The van der Waals surface area contributed by atoms with Crippen LogP contribution in [-0.2, 0) is 6.61 Å². The monoisotopic (exact) mass is 250 g/mol. The molecule has 0 aliphatic heterocycles. The largest absolute Gasteiger partial charge is 0.392 e. The Morgan fingerprint density at radius 3 is 2.61 bits per heavy atom. The molecule has 0 bridgehead atoms. The van der Waals surface area contributed by atoms with Crippen molar-refractivity contribution >= 4 is 11.7 Å². The van der Waals surface area contributed by atoms with E-state index in [-0.39, 0.29) is 6.61 Å². The van der Waals surface area contributed by atoms with Crippen molar-refractivity contribution in [2.75, 3.05) is 12.1 Å². The summed E-state index contributed by atoms with van der Waals surface area (Å²) in [7, 11) is 1.42. The van der Waals surface area contributed by atoms with Gasteiger partial charge >= 0.3 is 6.03 Å². The van der Waals surface area contributed by atoms with E-state index in [1.807, 2.05) is 12.1 Å². The third-order valence-electron chi connectivity index (χ3n) is 3.13. The number of carbonyl (C=O) groups is 1. The van der Waals surface area contributed by atoms with Gasteiger partial charge in [0.15, 0.2) is 0 Å². The number of aliphatic hydroxyl groups is 1. The van der Waals surface area contributed by atoms with Crippen molar-refractivity contribution in [3.05, 3.63) is 29.3 Å². The molecule has 1 aromatic carbocycles. The standard InChI is InChI=1S/C12H18N4O2/c1-15(13)12(18)16(14)11-4-2-3-9(8-5-6-8)10(11)7-17/h2-4,8,17H,5-7,13-14H2,1H3. The molecule has 5 N–H and O–H groups in total. The lowest BCUT2D eigenvalue weighted by Gasteiger charge is -2.24. The van der Waals surface area contributed by atoms with Gasteiger partial charge in [0.25, 0.3) is 0 Å². The van der Waals surface area contributed by atoms with Gasteiger partial charge in [0.2, 0.25) is 0 Å². The fourth-order valence-corrected chi connectivity index (χ4v) is 2.04. The minimum atomic E-state index is -0.530. The van der Waals surface area contributed by atoms with Crippen molar-refractivity contribution in [2.24, 2.45) is 11.7 Å². The molecule has 0 atom stereocenters. The van der Waals surface area contributed by atoms with Gasteiger partial charge < -0.3 is 5.11 Å². The van der Waals surface area contributed by atoms with Gasteiger partial charge in [-0.1, -0.05) is 12.1 Å². The molecule has 2 rings (SSSR count). The molecular formula is C12H18N4O2. The molecule has 18 heavy (non-hydrogen) atoms. The van der Waals surface area contributed by atoms with Crippen molar-refractivity contribution in [1.29, 1.82) is 0 Å². The number of anilines is 1. The van der Waals surface area contributed by atoms with E-state index < -0.39 is 6.03 Å². The van der Waals surface area contributed by atoms with E-state index >= 15 is 0 Å². The molecule has 1 aliphatic rings. The zero-order valence-corrected chi connectivity index (χ0v) is 10.3. The number of carbonyl (C=O) groups excluding carboxylic acids is 1. The molecule has 6 heteroatoms. The summed E-state index contributed by atoms with van der Waals surface area (Å²) >= 11 is 0. The summed E-state index contributed by atoms with van der Waals surface area (Å²) in [6, 6.07) is 4.99. The summed E-state index contributed by atoms with van der Waals surface area (Å²) in [6.07, 6.45) is 2.23. The Kier molecular flexibility index (Phi) is 3.51. The number of rotatable bonds is 3. The second kappa shape index (κ2) is 4.93. The molecule has 0 saturated heterocycles. The summed E-state index contributed by atoms with van der Waals surface area (Å²) in [5, 5.41) is 11.4. The lowest BCUT2D eigenvalue weighted by atomic mass is 10.0. The average Bonchev–Trinajstić information content (AvgIpc) is 3.20. The van der Waals surface area contributed by atoms with Crippen molar-refractivity contribution in [2.45, 2.75) is 25.4 Å². The van der Waals surface area contributed by atoms with Gasteiger partial charge in [0.05, 0.1) is 12.3 Å². The highest BCUT2D eigenvalue weighted by molar-refractivity contribution is 5.91. The van der Waals surface area contributed by atoms with Gasteiger partial charge in [-0.2, -0.15) is 0 Å². The van der Waals surface area contributed by atoms with Crippen LogP contribution in [0.5, 0.6) is 0 Å². The number of amides is 2. The summed E-state index contributed by atoms with van der Waals surface area (Å²) in [5.41, 5.74) is 2.28. The fraction of sp³-hybridized carbons (Fsp3) is 0.417. The van der Waals surface area contributed by atoms with E-state index in [1.165, 1.54) is 7.05 Å². The minimum Gasteiger partial charge on any atom is -0.392 e. The topological polar surface area (TPSA) is 95.8 Å². The van der Waals surface area contributed by atoms with Crippen molar-refractivity contribution < 1.29 is 9.90 Å². The van der Waals surface area contributed by atoms with E-state index in [0.29, 0.717) is 17.2 Å². The summed E-state index contributed by atoms with van der Waals surface area (Å²) < 4.78 is 0. The predicted octanol–water partition coefficient (Wildman–Crippen LogP) is 0.662. The molecule has 0 heterocycles. The molecular weight excluding hydrogens is 232 g/mol. The molecule has 2 amide bonds. The highest BCUT2D eigenvalue weighted by Crippen LogP contribution is 2.43. The number of aliphatic hydroxyl groups excluding tert-OH is 1. The van der Waals surface area contributed by atoms with Gasteiger partial charge in [-0.3, -0.25) is 5.01 Å². The molecule has 0 unspecified atom stereocenters. The summed E-state index contributed by atoms with van der Waals surface area (Å²) in [6.45, 7) is -0.142. The molecule has 1 fully saturated rings. The van der Waals surface area contributed by atoms with Crippen LogP contribution in [-0.4, -0.2) is 23.2 Å². The van der Waals surface area contributed by atoms with E-state index in [0.717, 1.165) is 28.4 Å². The maximum atomic E-state index is 11.7. The van der Waals surface area contributed by atoms with Crippen molar-refractivity contribution in [1.82, 2.24) is 5.01 Å². The minimum absolute atomic E-state index is 0.142. The Morgan fingerprint density at radius 2 is 2.11 bits per heavy atom. The van der Waals surface area contributed by atoms with Crippen LogP contribution in [0.3, 0.4) is 0 Å². The van der Waals surface area contributed by atoms with Crippen LogP contribution in [0.2, 0.25) is 0 Å². The molecule has 0 spiro atoms. The van der Waals surface area contributed by atoms with Crippen LogP contribution >= 0.6 is 0 Å². The van der Waals surface area contributed by atoms with Crippen LogP contribution in [0.15, 0.2) is 18.2 Å². The second-order valence-electron chi connectivity index (χ2n) is 4.54. The number of urea groups is 1. The average molecular weight is 250 g/mol. The Balaban J connectivity index is 2.37. The Bertz CT molecular complexity index is 457. The molecule has 0 radical (unpaired) electrons. The summed E-state index contributed by atoms with van der Waals surface area (Å²) in [5.74, 6) is 11.6. The van der Waals surface area contributed by atoms with Gasteiger partial charge in [-0.15, -0.1) is 0 Å². The SMILES string of the molecule is CN(N)C(=O)N(N)c1cccc(C2CC2)c1CO. The lowest BCUT2D eigenvalue weighted by molar-refractivity contribution is 0.216. The second-order valence-corrected chi connectivity index (χ2v) is 4.54. The number of hydrogen-bond acceptors (Lipinski definition) is 4. The van der Waals surface area contributed by atoms with Crippen molar-refractivity contribution in [3.63, 3.8) is 0 Å². The number of hydrogen-bond donors (Lipinski definition) is 3. The highest BCUT2D eigenvalue weighted by Gasteiger charge is 2.28. The van der Waals surface area contributed by atoms with Crippen LogP contribution in [0.25, 0.3) is 0 Å². The van der Waals surface area contributed by atoms with E-state index in [2.05, 4.69) is 0 Å². The number of benzene rings is 1. The first-order chi connectivity index (χ1) is 8.56. The molecule has 98 valence electrons. The van der Waals surface area contributed by atoms with Crippen LogP contribution in [0.4, 0.5) is 10.5 Å². The third kappa shape index (κ3) is 2.31. The predicted molar refractivity (Wildman–Crippen MR) is 68.4 cm³/mol. The third-order valence-corrected chi connectivity index (χ3v) is 3.13. The van der Waals surface area contributed by atoms with E-state index in [9.17, 15) is 9.90 Å². The maximum absolute atomic E-state index is 11.7. The smallest absolute Gasteiger partial charge is 0.352 e. The van der Waals surface area contributed by atoms with Crippen LogP contribution in [0.1, 0.15) is 29.9 Å². The fourth-order valence-electron chi connectivity index (χ4n) is 2.04. The maximum Gasteiger partial charge on any atom is 0.352 e. The zero-order chi connectivity index (χ0) is 13.3. The lowest BCUT2D eigenvalue weighted by Crippen LogP contribution is -2.49. The van der Waals surface area contributed by atoms with Gasteiger partial charge in [0, 0.05) is 12.6 Å². The van der Waals surface area contributed by atoms with Crippen LogP contribution in [0, 0.1) is 0 Å². The molecule has 6 nitrogen and oxygen atoms in total. The Labute approximate surface area is 106 Å². The normalized spacial score (nSPS) is 14.4. The Hall–Kier alpha value is -1.63. The highest BCUT2D eigenvalue weighted by atomic mass is 16.3. The first kappa shape index (κ1) is 12.8. The first-order valence-corrected chi connectivity index (χ1v) is 5.86. The first-order valence-electron chi connectivity index (χ1n) is 5.86. The number of nitrogens with zero attached hydrogens (tertiary/aromatic N) is 2. The number of nitrogens with two attached hydrogens (primary N) is 2. The summed E-state index contributed by atoms with van der Waals surface area (Å²) in [4.78, 5) is 11.7. The van der Waals surface area contributed by atoms with E-state index in [4.69, 9.17) is 11.7 Å².